The third-order valence-corrected chi connectivity index (χ3v) is 5.10. The predicted molar refractivity (Wildman–Crippen MR) is 69.8 cm³/mol. The molecule has 2 unspecified atom stereocenters. The van der Waals surface area contributed by atoms with Crippen LogP contribution in [0.25, 0.3) is 0 Å². The maximum atomic E-state index is 12.1. The molecule has 0 aromatic rings. The quantitative estimate of drug-likeness (QED) is 0.766. The van der Waals surface area contributed by atoms with E-state index in [1.165, 1.54) is 0 Å². The average molecular weight is 263 g/mol. The van der Waals surface area contributed by atoms with Crippen LogP contribution in [0.1, 0.15) is 40.0 Å². The summed E-state index contributed by atoms with van der Waals surface area (Å²) in [5.74, 6) is 0.275. The van der Waals surface area contributed by atoms with Gasteiger partial charge in [-0.25, -0.2) is 4.72 Å². The molecule has 102 valence electrons. The van der Waals surface area contributed by atoms with Crippen molar-refractivity contribution in [3.63, 3.8) is 0 Å². The third-order valence-electron chi connectivity index (χ3n) is 3.41. The second-order valence-corrected chi connectivity index (χ2v) is 6.92. The van der Waals surface area contributed by atoms with E-state index in [0.29, 0.717) is 13.1 Å². The summed E-state index contributed by atoms with van der Waals surface area (Å²) in [4.78, 5) is 0. The maximum absolute atomic E-state index is 12.1. The lowest BCUT2D eigenvalue weighted by Gasteiger charge is -2.32. The van der Waals surface area contributed by atoms with Crippen molar-refractivity contribution >= 4 is 10.2 Å². The summed E-state index contributed by atoms with van der Waals surface area (Å²) in [6.45, 7) is 6.86. The van der Waals surface area contributed by atoms with Crippen LogP contribution in [0.5, 0.6) is 0 Å². The summed E-state index contributed by atoms with van der Waals surface area (Å²) >= 11 is 0. The molecular formula is C11H25N3O2S. The zero-order valence-corrected chi connectivity index (χ0v) is 11.8. The summed E-state index contributed by atoms with van der Waals surface area (Å²) in [6.07, 6.45) is 3.00. The Morgan fingerprint density at radius 3 is 2.59 bits per heavy atom. The van der Waals surface area contributed by atoms with Crippen LogP contribution in [0.3, 0.4) is 0 Å². The van der Waals surface area contributed by atoms with Crippen molar-refractivity contribution in [3.05, 3.63) is 0 Å². The zero-order chi connectivity index (χ0) is 13.1. The summed E-state index contributed by atoms with van der Waals surface area (Å²) < 4.78 is 28.3. The summed E-state index contributed by atoms with van der Waals surface area (Å²) in [6, 6.07) is -0.0404. The van der Waals surface area contributed by atoms with Gasteiger partial charge < -0.3 is 5.73 Å². The summed E-state index contributed by atoms with van der Waals surface area (Å²) in [5.41, 5.74) is 5.84. The number of nitrogens with one attached hydrogen (secondary N) is 1. The molecule has 2 atom stereocenters. The second kappa shape index (κ2) is 6.13. The Kier molecular flexibility index (Phi) is 5.37. The predicted octanol–water partition coefficient (Wildman–Crippen LogP) is 0.679. The fraction of sp³-hybridized carbons (Fsp3) is 1.00. The Morgan fingerprint density at radius 2 is 2.06 bits per heavy atom. The van der Waals surface area contributed by atoms with Crippen LogP contribution in [0.15, 0.2) is 0 Å². The minimum absolute atomic E-state index is 0.0940. The number of hydrogen-bond donors (Lipinski definition) is 2. The molecule has 0 aliphatic carbocycles. The fourth-order valence-electron chi connectivity index (χ4n) is 1.95. The molecule has 0 saturated carbocycles. The van der Waals surface area contributed by atoms with Crippen molar-refractivity contribution in [3.8, 4) is 0 Å². The molecule has 6 heteroatoms. The van der Waals surface area contributed by atoms with Crippen LogP contribution in [-0.2, 0) is 10.2 Å². The fourth-order valence-corrected chi connectivity index (χ4v) is 3.47. The lowest BCUT2D eigenvalue weighted by Crippen LogP contribution is -2.50. The standard InChI is InChI=1S/C11H25N3O2S/c1-9(2)11(12)8-13-17(15,16)14-7-5-4-6-10(14)3/h9-11,13H,4-8,12H2,1-3H3. The molecule has 0 aromatic heterocycles. The van der Waals surface area contributed by atoms with Crippen molar-refractivity contribution in [2.75, 3.05) is 13.1 Å². The van der Waals surface area contributed by atoms with E-state index in [0.717, 1.165) is 19.3 Å². The molecule has 0 radical (unpaired) electrons. The van der Waals surface area contributed by atoms with E-state index in [-0.39, 0.29) is 18.0 Å². The van der Waals surface area contributed by atoms with Gasteiger partial charge in [-0.1, -0.05) is 20.3 Å². The highest BCUT2D eigenvalue weighted by atomic mass is 32.2. The summed E-state index contributed by atoms with van der Waals surface area (Å²) in [5, 5.41) is 0. The van der Waals surface area contributed by atoms with Crippen LogP contribution in [0.4, 0.5) is 0 Å². The average Bonchev–Trinajstić information content (AvgIpc) is 2.26. The second-order valence-electron chi connectivity index (χ2n) is 5.22. The molecule has 0 spiro atoms. The lowest BCUT2D eigenvalue weighted by molar-refractivity contribution is 0.264. The first-order chi connectivity index (χ1) is 7.84. The number of hydrogen-bond acceptors (Lipinski definition) is 3. The number of piperidine rings is 1. The number of nitrogens with two attached hydrogens (primary N) is 1. The normalized spacial score (nSPS) is 25.1. The Morgan fingerprint density at radius 1 is 1.41 bits per heavy atom. The van der Waals surface area contributed by atoms with E-state index in [4.69, 9.17) is 5.73 Å². The lowest BCUT2D eigenvalue weighted by atomic mass is 10.1. The molecule has 1 fully saturated rings. The van der Waals surface area contributed by atoms with Gasteiger partial charge in [0.1, 0.15) is 0 Å². The minimum atomic E-state index is -3.36. The van der Waals surface area contributed by atoms with Crippen LogP contribution in [0, 0.1) is 5.92 Å². The van der Waals surface area contributed by atoms with Gasteiger partial charge in [0, 0.05) is 25.2 Å². The molecule has 1 aliphatic heterocycles. The van der Waals surface area contributed by atoms with Crippen LogP contribution >= 0.6 is 0 Å². The molecule has 1 rings (SSSR count). The number of rotatable bonds is 5. The number of nitrogens with zero attached hydrogens (tertiary/aromatic N) is 1. The van der Waals surface area contributed by atoms with Gasteiger partial charge in [-0.05, 0) is 25.7 Å². The minimum Gasteiger partial charge on any atom is -0.326 e. The molecule has 0 bridgehead atoms. The van der Waals surface area contributed by atoms with E-state index in [1.54, 1.807) is 4.31 Å². The monoisotopic (exact) mass is 263 g/mol. The van der Waals surface area contributed by atoms with Gasteiger partial charge in [-0.2, -0.15) is 12.7 Å². The van der Waals surface area contributed by atoms with Crippen molar-refractivity contribution in [1.82, 2.24) is 9.03 Å². The molecule has 5 nitrogen and oxygen atoms in total. The van der Waals surface area contributed by atoms with Gasteiger partial charge in [0.2, 0.25) is 0 Å². The van der Waals surface area contributed by atoms with Gasteiger partial charge in [-0.15, -0.1) is 0 Å². The first-order valence-electron chi connectivity index (χ1n) is 6.36. The van der Waals surface area contributed by atoms with Crippen molar-refractivity contribution < 1.29 is 8.42 Å². The van der Waals surface area contributed by atoms with Gasteiger partial charge >= 0.3 is 0 Å². The van der Waals surface area contributed by atoms with E-state index in [2.05, 4.69) is 4.72 Å². The topological polar surface area (TPSA) is 75.4 Å². The first-order valence-corrected chi connectivity index (χ1v) is 7.80. The van der Waals surface area contributed by atoms with E-state index < -0.39 is 10.2 Å². The van der Waals surface area contributed by atoms with E-state index in [9.17, 15) is 8.42 Å². The largest absolute Gasteiger partial charge is 0.326 e. The molecule has 3 N–H and O–H groups in total. The van der Waals surface area contributed by atoms with Gasteiger partial charge in [0.25, 0.3) is 10.2 Å². The molecule has 1 aliphatic rings. The molecule has 0 aromatic carbocycles. The Balaban J connectivity index is 2.55. The first kappa shape index (κ1) is 14.9. The van der Waals surface area contributed by atoms with Gasteiger partial charge in [-0.3, -0.25) is 0 Å². The highest BCUT2D eigenvalue weighted by Crippen LogP contribution is 2.18. The highest BCUT2D eigenvalue weighted by Gasteiger charge is 2.29. The molecule has 1 saturated heterocycles. The molecule has 1 heterocycles. The van der Waals surface area contributed by atoms with Gasteiger partial charge in [0.15, 0.2) is 0 Å². The Labute approximate surface area is 105 Å². The smallest absolute Gasteiger partial charge is 0.279 e. The van der Waals surface area contributed by atoms with Crippen molar-refractivity contribution in [2.45, 2.75) is 52.1 Å². The van der Waals surface area contributed by atoms with Crippen molar-refractivity contribution in [2.24, 2.45) is 11.7 Å². The highest BCUT2D eigenvalue weighted by molar-refractivity contribution is 7.87. The molecule has 17 heavy (non-hydrogen) atoms. The van der Waals surface area contributed by atoms with Crippen LogP contribution in [-0.4, -0.2) is 37.9 Å². The van der Waals surface area contributed by atoms with Crippen LogP contribution in [0.2, 0.25) is 0 Å². The van der Waals surface area contributed by atoms with E-state index >= 15 is 0 Å². The molecular weight excluding hydrogens is 238 g/mol. The molecule has 0 amide bonds. The summed E-state index contributed by atoms with van der Waals surface area (Å²) in [7, 11) is -3.36. The van der Waals surface area contributed by atoms with Gasteiger partial charge in [0.05, 0.1) is 0 Å². The van der Waals surface area contributed by atoms with Crippen molar-refractivity contribution in [1.29, 1.82) is 0 Å². The third kappa shape index (κ3) is 4.21. The Bertz CT molecular complexity index is 330. The Hall–Kier alpha value is -0.170. The SMILES string of the molecule is CC(C)C(N)CNS(=O)(=O)N1CCCCC1C. The van der Waals surface area contributed by atoms with E-state index in [1.807, 2.05) is 20.8 Å². The van der Waals surface area contributed by atoms with Crippen LogP contribution < -0.4 is 10.5 Å². The zero-order valence-electron chi connectivity index (χ0n) is 11.0. The maximum Gasteiger partial charge on any atom is 0.279 e.